The number of methoxy groups -OCH3 is 1. The molecule has 0 bridgehead atoms. The number of carbonyl (C=O) groups is 1. The monoisotopic (exact) mass is 353 g/mol. The van der Waals surface area contributed by atoms with Crippen molar-refractivity contribution in [2.75, 3.05) is 13.7 Å². The van der Waals surface area contributed by atoms with Gasteiger partial charge in [-0.25, -0.2) is 0 Å². The lowest BCUT2D eigenvalue weighted by Crippen LogP contribution is -2.36. The van der Waals surface area contributed by atoms with Crippen LogP contribution in [0, 0.1) is 0 Å². The third-order valence-corrected chi connectivity index (χ3v) is 4.73. The minimum Gasteiger partial charge on any atom is -0.493 e. The molecule has 1 fully saturated rings. The van der Waals surface area contributed by atoms with Crippen molar-refractivity contribution in [2.24, 2.45) is 0 Å². The summed E-state index contributed by atoms with van der Waals surface area (Å²) in [7, 11) is 1.60. The molecule has 0 aliphatic carbocycles. The van der Waals surface area contributed by atoms with E-state index in [9.17, 15) is 4.79 Å². The van der Waals surface area contributed by atoms with Crippen LogP contribution in [-0.2, 0) is 6.42 Å². The number of hydrogen-bond donors (Lipinski definition) is 0. The Kier molecular flexibility index (Phi) is 5.82. The van der Waals surface area contributed by atoms with E-state index in [1.807, 2.05) is 36.9 Å². The normalized spacial score (nSPS) is 16.8. The number of nitrogens with zero attached hydrogens (tertiary/aromatic N) is 1. The van der Waals surface area contributed by atoms with Crippen molar-refractivity contribution < 1.29 is 14.3 Å². The molecule has 2 aromatic rings. The smallest absolute Gasteiger partial charge is 0.254 e. The molecule has 3 rings (SSSR count). The average Bonchev–Trinajstić information content (AvgIpc) is 3.10. The average molecular weight is 353 g/mol. The first-order chi connectivity index (χ1) is 12.6. The van der Waals surface area contributed by atoms with Gasteiger partial charge in [0, 0.05) is 18.2 Å². The molecule has 0 saturated carbocycles. The first-order valence-electron chi connectivity index (χ1n) is 9.28. The summed E-state index contributed by atoms with van der Waals surface area (Å²) < 4.78 is 11.2. The van der Waals surface area contributed by atoms with Crippen LogP contribution >= 0.6 is 0 Å². The van der Waals surface area contributed by atoms with Crippen molar-refractivity contribution in [2.45, 2.75) is 45.3 Å². The van der Waals surface area contributed by atoms with Gasteiger partial charge < -0.3 is 14.4 Å². The summed E-state index contributed by atoms with van der Waals surface area (Å²) in [5.74, 6) is 1.34. The van der Waals surface area contributed by atoms with E-state index in [4.69, 9.17) is 9.47 Å². The van der Waals surface area contributed by atoms with Crippen LogP contribution in [0.15, 0.2) is 48.5 Å². The lowest BCUT2D eigenvalue weighted by Gasteiger charge is -2.25. The van der Waals surface area contributed by atoms with Crippen LogP contribution in [0.5, 0.6) is 11.5 Å². The Morgan fingerprint density at radius 2 is 1.92 bits per heavy atom. The Labute approximate surface area is 155 Å². The van der Waals surface area contributed by atoms with Crippen molar-refractivity contribution in [3.8, 4) is 11.5 Å². The second kappa shape index (κ2) is 8.26. The van der Waals surface area contributed by atoms with E-state index in [0.29, 0.717) is 17.1 Å². The van der Waals surface area contributed by atoms with Crippen molar-refractivity contribution in [1.29, 1.82) is 0 Å². The summed E-state index contributed by atoms with van der Waals surface area (Å²) in [6, 6.07) is 16.1. The molecule has 2 aromatic carbocycles. The molecule has 0 radical (unpaired) electrons. The third-order valence-electron chi connectivity index (χ3n) is 4.73. The molecule has 138 valence electrons. The summed E-state index contributed by atoms with van der Waals surface area (Å²) in [5.41, 5.74) is 1.92. The lowest BCUT2D eigenvalue weighted by atomic mass is 10.0. The highest BCUT2D eigenvalue weighted by atomic mass is 16.5. The number of amides is 1. The molecule has 0 N–H and O–H groups in total. The number of ether oxygens (including phenoxy) is 2. The molecule has 1 atom stereocenters. The second-order valence-corrected chi connectivity index (χ2v) is 7.02. The highest BCUT2D eigenvalue weighted by molar-refractivity contribution is 5.95. The highest BCUT2D eigenvalue weighted by Gasteiger charge is 2.30. The Bertz CT molecular complexity index is 742. The molecular weight excluding hydrogens is 326 g/mol. The largest absolute Gasteiger partial charge is 0.493 e. The molecular formula is C22H27NO3. The molecule has 1 aliphatic rings. The maximum absolute atomic E-state index is 13.1. The van der Waals surface area contributed by atoms with Gasteiger partial charge in [0.15, 0.2) is 11.5 Å². The topological polar surface area (TPSA) is 38.8 Å². The lowest BCUT2D eigenvalue weighted by molar-refractivity contribution is 0.0736. The summed E-state index contributed by atoms with van der Waals surface area (Å²) in [4.78, 5) is 15.1. The van der Waals surface area contributed by atoms with E-state index in [0.717, 1.165) is 25.8 Å². The highest BCUT2D eigenvalue weighted by Crippen LogP contribution is 2.31. The van der Waals surface area contributed by atoms with Gasteiger partial charge in [-0.15, -0.1) is 0 Å². The van der Waals surface area contributed by atoms with Crippen LogP contribution in [0.25, 0.3) is 0 Å². The first kappa shape index (κ1) is 18.3. The van der Waals surface area contributed by atoms with Crippen LogP contribution in [0.4, 0.5) is 0 Å². The number of benzene rings is 2. The fourth-order valence-electron chi connectivity index (χ4n) is 3.52. The fraction of sp³-hybridized carbons (Fsp3) is 0.409. The molecule has 0 spiro atoms. The molecule has 4 nitrogen and oxygen atoms in total. The van der Waals surface area contributed by atoms with Crippen molar-refractivity contribution in [1.82, 2.24) is 4.90 Å². The quantitative estimate of drug-likeness (QED) is 0.776. The molecule has 1 amide bonds. The molecule has 1 heterocycles. The van der Waals surface area contributed by atoms with E-state index in [1.165, 1.54) is 5.56 Å². The predicted molar refractivity (Wildman–Crippen MR) is 103 cm³/mol. The minimum absolute atomic E-state index is 0.0549. The summed E-state index contributed by atoms with van der Waals surface area (Å²) in [6.45, 7) is 4.75. The molecule has 26 heavy (non-hydrogen) atoms. The Hall–Kier alpha value is -2.49. The molecule has 1 unspecified atom stereocenters. The zero-order chi connectivity index (χ0) is 18.5. The number of likely N-dealkylation sites (tertiary alicyclic amines) is 1. The van der Waals surface area contributed by atoms with E-state index in [2.05, 4.69) is 24.3 Å². The van der Waals surface area contributed by atoms with Crippen LogP contribution in [0.2, 0.25) is 0 Å². The van der Waals surface area contributed by atoms with Crippen molar-refractivity contribution >= 4 is 5.91 Å². The van der Waals surface area contributed by atoms with Gasteiger partial charge in [-0.2, -0.15) is 0 Å². The zero-order valence-corrected chi connectivity index (χ0v) is 15.8. The zero-order valence-electron chi connectivity index (χ0n) is 15.8. The van der Waals surface area contributed by atoms with Gasteiger partial charge in [-0.05, 0) is 56.9 Å². The van der Waals surface area contributed by atoms with Gasteiger partial charge in [0.2, 0.25) is 0 Å². The second-order valence-electron chi connectivity index (χ2n) is 7.02. The van der Waals surface area contributed by atoms with Gasteiger partial charge in [-0.3, -0.25) is 4.79 Å². The van der Waals surface area contributed by atoms with Gasteiger partial charge >= 0.3 is 0 Å². The SMILES string of the molecule is COc1cc(C(=O)N2CCCC2Cc2ccccc2)ccc1OC(C)C. The summed E-state index contributed by atoms with van der Waals surface area (Å²) in [5, 5.41) is 0. The predicted octanol–water partition coefficient (Wildman–Crippen LogP) is 4.33. The van der Waals surface area contributed by atoms with Crippen LogP contribution < -0.4 is 9.47 Å². The maximum Gasteiger partial charge on any atom is 0.254 e. The van der Waals surface area contributed by atoms with Gasteiger partial charge in [0.25, 0.3) is 5.91 Å². The van der Waals surface area contributed by atoms with Crippen LogP contribution in [-0.4, -0.2) is 36.6 Å². The number of carbonyl (C=O) groups excluding carboxylic acids is 1. The standard InChI is InChI=1S/C22H27NO3/c1-16(2)26-20-12-11-18(15-21(20)25-3)22(24)23-13-7-10-19(23)14-17-8-5-4-6-9-17/h4-6,8-9,11-12,15-16,19H,7,10,13-14H2,1-3H3. The first-order valence-corrected chi connectivity index (χ1v) is 9.28. The van der Waals surface area contributed by atoms with Crippen molar-refractivity contribution in [3.63, 3.8) is 0 Å². The molecule has 1 saturated heterocycles. The number of rotatable bonds is 6. The Morgan fingerprint density at radius 1 is 1.15 bits per heavy atom. The Morgan fingerprint density at radius 3 is 2.62 bits per heavy atom. The van der Waals surface area contributed by atoms with E-state index >= 15 is 0 Å². The van der Waals surface area contributed by atoms with Gasteiger partial charge in [-0.1, -0.05) is 30.3 Å². The van der Waals surface area contributed by atoms with Gasteiger partial charge in [0.1, 0.15) is 0 Å². The van der Waals surface area contributed by atoms with Crippen LogP contribution in [0.3, 0.4) is 0 Å². The minimum atomic E-state index is 0.0549. The molecule has 0 aromatic heterocycles. The van der Waals surface area contributed by atoms with Crippen LogP contribution in [0.1, 0.15) is 42.6 Å². The molecule has 1 aliphatic heterocycles. The van der Waals surface area contributed by atoms with E-state index in [1.54, 1.807) is 13.2 Å². The van der Waals surface area contributed by atoms with E-state index < -0.39 is 0 Å². The summed E-state index contributed by atoms with van der Waals surface area (Å²) in [6.07, 6.45) is 3.05. The summed E-state index contributed by atoms with van der Waals surface area (Å²) >= 11 is 0. The van der Waals surface area contributed by atoms with Gasteiger partial charge in [0.05, 0.1) is 13.2 Å². The fourth-order valence-corrected chi connectivity index (χ4v) is 3.52. The van der Waals surface area contributed by atoms with E-state index in [-0.39, 0.29) is 18.1 Å². The van der Waals surface area contributed by atoms with Crippen molar-refractivity contribution in [3.05, 3.63) is 59.7 Å². The Balaban J connectivity index is 1.77. The number of hydrogen-bond acceptors (Lipinski definition) is 3. The third kappa shape index (κ3) is 4.18. The molecule has 4 heteroatoms. The maximum atomic E-state index is 13.1.